The zero-order valence-corrected chi connectivity index (χ0v) is 12.7. The van der Waals surface area contributed by atoms with E-state index in [-0.39, 0.29) is 22.9 Å². The predicted molar refractivity (Wildman–Crippen MR) is 76.4 cm³/mol. The smallest absolute Gasteiger partial charge is 0.214 e. The third kappa shape index (κ3) is 3.38. The molecule has 1 saturated heterocycles. The Labute approximate surface area is 119 Å². The average Bonchev–Trinajstić information content (AvgIpc) is 2.75. The van der Waals surface area contributed by atoms with Crippen LogP contribution in [0.25, 0.3) is 0 Å². The van der Waals surface area contributed by atoms with Gasteiger partial charge in [-0.05, 0) is 24.1 Å². The van der Waals surface area contributed by atoms with Gasteiger partial charge in [0.2, 0.25) is 10.0 Å². The molecule has 1 aromatic rings. The van der Waals surface area contributed by atoms with E-state index in [1.165, 1.54) is 16.4 Å². The van der Waals surface area contributed by atoms with E-state index in [1.807, 2.05) is 0 Å². The lowest BCUT2D eigenvalue weighted by Crippen LogP contribution is -2.31. The molecule has 0 aliphatic carbocycles. The molecule has 1 aliphatic rings. The van der Waals surface area contributed by atoms with Gasteiger partial charge in [-0.1, -0.05) is 12.1 Å². The molecule has 2 N–H and O–H groups in total. The van der Waals surface area contributed by atoms with Crippen LogP contribution in [0.2, 0.25) is 0 Å². The Balaban J connectivity index is 2.07. The van der Waals surface area contributed by atoms with Crippen LogP contribution in [0.15, 0.2) is 29.2 Å². The van der Waals surface area contributed by atoms with Gasteiger partial charge in [0.1, 0.15) is 0 Å². The van der Waals surface area contributed by atoms with Crippen LogP contribution >= 0.6 is 0 Å². The molecule has 0 saturated carbocycles. The summed E-state index contributed by atoms with van der Waals surface area (Å²) >= 11 is 0. The second kappa shape index (κ2) is 5.80. The first-order valence-electron chi connectivity index (χ1n) is 6.35. The molecule has 1 aliphatic heterocycles. The molecule has 0 bridgehead atoms. The van der Waals surface area contributed by atoms with Crippen molar-refractivity contribution in [1.29, 1.82) is 0 Å². The highest BCUT2D eigenvalue weighted by Gasteiger charge is 2.29. The van der Waals surface area contributed by atoms with Crippen LogP contribution < -0.4 is 5.73 Å². The minimum Gasteiger partial charge on any atom is -0.326 e. The van der Waals surface area contributed by atoms with E-state index < -0.39 is 19.9 Å². The molecule has 0 unspecified atom stereocenters. The van der Waals surface area contributed by atoms with Gasteiger partial charge in [-0.2, -0.15) is 0 Å². The Kier molecular flexibility index (Phi) is 4.48. The standard InChI is InChI=1S/C12H18N2O4S2/c13-10-11-2-4-12(5-3-11)19(15,16)9-7-14-6-1-8-20(14,17)18/h2-5H,1,6-10,13H2. The van der Waals surface area contributed by atoms with E-state index in [9.17, 15) is 16.8 Å². The van der Waals surface area contributed by atoms with Crippen LogP contribution in [0.3, 0.4) is 0 Å². The Morgan fingerprint density at radius 2 is 1.85 bits per heavy atom. The summed E-state index contributed by atoms with van der Waals surface area (Å²) in [4.78, 5) is 0.200. The highest BCUT2D eigenvalue weighted by molar-refractivity contribution is 7.91. The van der Waals surface area contributed by atoms with Gasteiger partial charge in [-0.25, -0.2) is 21.1 Å². The normalized spacial score (nSPS) is 19.2. The SMILES string of the molecule is NCc1ccc(S(=O)(=O)CCN2CCCS2(=O)=O)cc1. The van der Waals surface area contributed by atoms with Gasteiger partial charge in [-0.3, -0.25) is 0 Å². The summed E-state index contributed by atoms with van der Waals surface area (Å²) in [7, 11) is -6.72. The van der Waals surface area contributed by atoms with Crippen molar-refractivity contribution in [2.24, 2.45) is 5.73 Å². The number of rotatable bonds is 5. The molecular formula is C12H18N2O4S2. The number of nitrogens with zero attached hydrogens (tertiary/aromatic N) is 1. The molecule has 20 heavy (non-hydrogen) atoms. The fraction of sp³-hybridized carbons (Fsp3) is 0.500. The quantitative estimate of drug-likeness (QED) is 0.821. The topological polar surface area (TPSA) is 97.5 Å². The maximum absolute atomic E-state index is 12.1. The summed E-state index contributed by atoms with van der Waals surface area (Å²) < 4.78 is 48.8. The van der Waals surface area contributed by atoms with Crippen molar-refractivity contribution < 1.29 is 16.8 Å². The summed E-state index contributed by atoms with van der Waals surface area (Å²) in [5.74, 6) is -0.0908. The zero-order valence-electron chi connectivity index (χ0n) is 11.0. The Morgan fingerprint density at radius 1 is 1.20 bits per heavy atom. The summed E-state index contributed by atoms with van der Waals surface area (Å²) in [6.07, 6.45) is 0.563. The lowest BCUT2D eigenvalue weighted by atomic mass is 10.2. The lowest BCUT2D eigenvalue weighted by molar-refractivity contribution is 0.461. The van der Waals surface area contributed by atoms with Crippen molar-refractivity contribution in [2.45, 2.75) is 17.9 Å². The molecule has 0 amide bonds. The van der Waals surface area contributed by atoms with Crippen molar-refractivity contribution in [2.75, 3.05) is 24.6 Å². The highest BCUT2D eigenvalue weighted by Crippen LogP contribution is 2.16. The van der Waals surface area contributed by atoms with Gasteiger partial charge in [-0.15, -0.1) is 0 Å². The molecule has 6 nitrogen and oxygen atoms in total. The number of sulfone groups is 1. The van der Waals surface area contributed by atoms with Crippen LogP contribution in [0.5, 0.6) is 0 Å². The average molecular weight is 318 g/mol. The van der Waals surface area contributed by atoms with Crippen molar-refractivity contribution in [1.82, 2.24) is 4.31 Å². The zero-order chi connectivity index (χ0) is 14.8. The van der Waals surface area contributed by atoms with Crippen LogP contribution in [0.4, 0.5) is 0 Å². The van der Waals surface area contributed by atoms with E-state index in [0.717, 1.165) is 5.56 Å². The molecule has 2 rings (SSSR count). The van der Waals surface area contributed by atoms with Gasteiger partial charge in [0.05, 0.1) is 16.4 Å². The predicted octanol–water partition coefficient (Wildman–Crippen LogP) is -0.0455. The molecule has 0 aromatic heterocycles. The van der Waals surface area contributed by atoms with Gasteiger partial charge in [0.15, 0.2) is 9.84 Å². The molecule has 0 atom stereocenters. The summed E-state index contributed by atoms with van der Waals surface area (Å²) in [5.41, 5.74) is 6.31. The van der Waals surface area contributed by atoms with E-state index >= 15 is 0 Å². The largest absolute Gasteiger partial charge is 0.326 e. The monoisotopic (exact) mass is 318 g/mol. The number of sulfonamides is 1. The third-order valence-corrected chi connectivity index (χ3v) is 7.00. The maximum Gasteiger partial charge on any atom is 0.214 e. The van der Waals surface area contributed by atoms with Crippen molar-refractivity contribution in [3.63, 3.8) is 0 Å². The van der Waals surface area contributed by atoms with Crippen molar-refractivity contribution in [3.8, 4) is 0 Å². The Morgan fingerprint density at radius 3 is 2.35 bits per heavy atom. The van der Waals surface area contributed by atoms with Gasteiger partial charge in [0, 0.05) is 19.6 Å². The molecule has 8 heteroatoms. The van der Waals surface area contributed by atoms with E-state index in [0.29, 0.717) is 19.5 Å². The van der Waals surface area contributed by atoms with Gasteiger partial charge in [0.25, 0.3) is 0 Å². The molecule has 0 radical (unpaired) electrons. The Hall–Kier alpha value is -0.960. The minimum absolute atomic E-state index is 0.0172. The summed E-state index contributed by atoms with van der Waals surface area (Å²) in [6, 6.07) is 6.35. The molecular weight excluding hydrogens is 300 g/mol. The van der Waals surface area contributed by atoms with Gasteiger partial charge >= 0.3 is 0 Å². The molecule has 1 fully saturated rings. The fourth-order valence-electron chi connectivity index (χ4n) is 2.12. The van der Waals surface area contributed by atoms with E-state index in [4.69, 9.17) is 5.73 Å². The summed E-state index contributed by atoms with van der Waals surface area (Å²) in [6.45, 7) is 0.777. The number of hydrogen-bond donors (Lipinski definition) is 1. The fourth-order valence-corrected chi connectivity index (χ4v) is 5.01. The number of benzene rings is 1. The summed E-state index contributed by atoms with van der Waals surface area (Å²) in [5, 5.41) is 0. The van der Waals surface area contributed by atoms with Crippen LogP contribution in [0, 0.1) is 0 Å². The first kappa shape index (κ1) is 15.4. The number of hydrogen-bond acceptors (Lipinski definition) is 5. The van der Waals surface area contributed by atoms with E-state index in [1.54, 1.807) is 12.1 Å². The molecule has 112 valence electrons. The van der Waals surface area contributed by atoms with E-state index in [2.05, 4.69) is 0 Å². The molecule has 0 spiro atoms. The second-order valence-corrected chi connectivity index (χ2v) is 8.93. The second-order valence-electron chi connectivity index (χ2n) is 4.74. The lowest BCUT2D eigenvalue weighted by Gasteiger charge is -2.14. The highest BCUT2D eigenvalue weighted by atomic mass is 32.2. The van der Waals surface area contributed by atoms with Crippen LogP contribution in [-0.4, -0.2) is 45.7 Å². The van der Waals surface area contributed by atoms with Crippen LogP contribution in [0.1, 0.15) is 12.0 Å². The first-order chi connectivity index (χ1) is 9.35. The van der Waals surface area contributed by atoms with Crippen molar-refractivity contribution >= 4 is 19.9 Å². The first-order valence-corrected chi connectivity index (χ1v) is 9.61. The Bertz CT molecular complexity index is 666. The number of nitrogens with two attached hydrogens (primary N) is 1. The third-order valence-electron chi connectivity index (χ3n) is 3.33. The van der Waals surface area contributed by atoms with Crippen LogP contribution in [-0.2, 0) is 26.4 Å². The van der Waals surface area contributed by atoms with Crippen molar-refractivity contribution in [3.05, 3.63) is 29.8 Å². The molecule has 1 aromatic carbocycles. The van der Waals surface area contributed by atoms with Gasteiger partial charge < -0.3 is 5.73 Å². The molecule has 1 heterocycles. The minimum atomic E-state index is -3.47. The maximum atomic E-state index is 12.1.